The number of rotatable bonds is 7. The normalized spacial score (nSPS) is 13.0. The van der Waals surface area contributed by atoms with E-state index in [1.54, 1.807) is 30.3 Å². The van der Waals surface area contributed by atoms with Gasteiger partial charge in [-0.1, -0.05) is 35.5 Å². The quantitative estimate of drug-likeness (QED) is 0.229. The third kappa shape index (κ3) is 3.94. The summed E-state index contributed by atoms with van der Waals surface area (Å²) in [7, 11) is 0. The molecule has 20 heavy (non-hydrogen) atoms. The number of aliphatic hydroxyl groups is 2. The number of aliphatic hydroxyl groups excluding tert-OH is 2. The Morgan fingerprint density at radius 3 is 2.20 bits per heavy atom. The molecule has 0 aliphatic heterocycles. The Balaban J connectivity index is 3.07. The second kappa shape index (κ2) is 8.13. The molecule has 0 saturated carbocycles. The zero-order valence-electron chi connectivity index (χ0n) is 11.0. The number of oxime groups is 1. The molecular weight excluding hydrogens is 262 g/mol. The van der Waals surface area contributed by atoms with Crippen LogP contribution in [0.1, 0.15) is 11.5 Å². The second-order valence-electron chi connectivity index (χ2n) is 4.14. The fourth-order valence-electron chi connectivity index (χ4n) is 1.90. The smallest absolute Gasteiger partial charge is 0.238 e. The van der Waals surface area contributed by atoms with Gasteiger partial charge in [0.15, 0.2) is 5.84 Å². The first-order chi connectivity index (χ1) is 9.65. The summed E-state index contributed by atoms with van der Waals surface area (Å²) >= 11 is 0. The van der Waals surface area contributed by atoms with Gasteiger partial charge in [0.1, 0.15) is 5.92 Å². The fraction of sp³-hybridized carbons (Fsp3) is 0.385. The Morgan fingerprint density at radius 2 is 1.75 bits per heavy atom. The van der Waals surface area contributed by atoms with Crippen LogP contribution in [0.25, 0.3) is 0 Å². The molecule has 0 aliphatic carbocycles. The highest BCUT2D eigenvalue weighted by Crippen LogP contribution is 2.18. The van der Waals surface area contributed by atoms with Gasteiger partial charge in [-0.3, -0.25) is 4.79 Å². The van der Waals surface area contributed by atoms with Crippen molar-refractivity contribution in [1.82, 2.24) is 4.90 Å². The van der Waals surface area contributed by atoms with Crippen LogP contribution in [-0.4, -0.2) is 58.4 Å². The summed E-state index contributed by atoms with van der Waals surface area (Å²) in [6.45, 7) is -0.324. The number of amides is 1. The van der Waals surface area contributed by atoms with Crippen LogP contribution in [0.15, 0.2) is 35.5 Å². The van der Waals surface area contributed by atoms with E-state index in [2.05, 4.69) is 5.16 Å². The largest absolute Gasteiger partial charge is 0.409 e. The molecule has 5 N–H and O–H groups in total. The van der Waals surface area contributed by atoms with Crippen molar-refractivity contribution in [1.29, 1.82) is 0 Å². The Morgan fingerprint density at radius 1 is 1.20 bits per heavy atom. The van der Waals surface area contributed by atoms with Crippen LogP contribution in [-0.2, 0) is 4.79 Å². The van der Waals surface area contributed by atoms with Gasteiger partial charge in [0, 0.05) is 13.1 Å². The van der Waals surface area contributed by atoms with Crippen molar-refractivity contribution < 1.29 is 20.2 Å². The number of amidine groups is 1. The van der Waals surface area contributed by atoms with Gasteiger partial charge in [0.05, 0.1) is 13.2 Å². The van der Waals surface area contributed by atoms with Crippen molar-refractivity contribution in [2.45, 2.75) is 5.92 Å². The molecule has 1 aromatic rings. The van der Waals surface area contributed by atoms with Gasteiger partial charge in [-0.25, -0.2) is 0 Å². The summed E-state index contributed by atoms with van der Waals surface area (Å²) in [5, 5.41) is 29.7. The van der Waals surface area contributed by atoms with E-state index >= 15 is 0 Å². The Labute approximate surface area is 116 Å². The van der Waals surface area contributed by atoms with Crippen LogP contribution in [0.5, 0.6) is 0 Å². The molecule has 0 aromatic heterocycles. The first-order valence-corrected chi connectivity index (χ1v) is 6.18. The van der Waals surface area contributed by atoms with E-state index in [4.69, 9.17) is 21.2 Å². The molecule has 1 rings (SSSR count). The number of hydrogen-bond donors (Lipinski definition) is 4. The molecule has 1 aromatic carbocycles. The lowest BCUT2D eigenvalue weighted by Gasteiger charge is -2.25. The zero-order valence-corrected chi connectivity index (χ0v) is 11.0. The maximum absolute atomic E-state index is 12.5. The van der Waals surface area contributed by atoms with Gasteiger partial charge in [-0.15, -0.1) is 0 Å². The lowest BCUT2D eigenvalue weighted by molar-refractivity contribution is -0.132. The predicted octanol–water partition coefficient (Wildman–Crippen LogP) is -0.670. The van der Waals surface area contributed by atoms with Crippen molar-refractivity contribution in [3.8, 4) is 0 Å². The van der Waals surface area contributed by atoms with Gasteiger partial charge in [-0.2, -0.15) is 0 Å². The van der Waals surface area contributed by atoms with Crippen LogP contribution < -0.4 is 5.73 Å². The molecule has 7 heteroatoms. The van der Waals surface area contributed by atoms with E-state index in [-0.39, 0.29) is 32.1 Å². The van der Waals surface area contributed by atoms with E-state index in [0.717, 1.165) is 0 Å². The monoisotopic (exact) mass is 281 g/mol. The van der Waals surface area contributed by atoms with E-state index in [9.17, 15) is 4.79 Å². The maximum Gasteiger partial charge on any atom is 0.238 e. The second-order valence-corrected chi connectivity index (χ2v) is 4.14. The summed E-state index contributed by atoms with van der Waals surface area (Å²) in [4.78, 5) is 13.7. The van der Waals surface area contributed by atoms with Crippen LogP contribution in [0.2, 0.25) is 0 Å². The molecule has 0 saturated heterocycles. The van der Waals surface area contributed by atoms with E-state index in [1.165, 1.54) is 4.90 Å². The molecule has 110 valence electrons. The van der Waals surface area contributed by atoms with E-state index < -0.39 is 11.8 Å². The molecular formula is C13H19N3O4. The lowest BCUT2D eigenvalue weighted by atomic mass is 9.96. The van der Waals surface area contributed by atoms with Crippen LogP contribution in [0.3, 0.4) is 0 Å². The van der Waals surface area contributed by atoms with Crippen molar-refractivity contribution in [3.05, 3.63) is 35.9 Å². The van der Waals surface area contributed by atoms with Crippen molar-refractivity contribution in [2.75, 3.05) is 26.3 Å². The average Bonchev–Trinajstić information content (AvgIpc) is 2.48. The third-order valence-electron chi connectivity index (χ3n) is 2.84. The highest BCUT2D eigenvalue weighted by atomic mass is 16.4. The van der Waals surface area contributed by atoms with Crippen LogP contribution in [0.4, 0.5) is 0 Å². The number of carbonyl (C=O) groups is 1. The lowest BCUT2D eigenvalue weighted by Crippen LogP contribution is -2.43. The van der Waals surface area contributed by atoms with Crippen molar-refractivity contribution >= 4 is 11.7 Å². The minimum absolute atomic E-state index is 0.0709. The van der Waals surface area contributed by atoms with E-state index in [0.29, 0.717) is 5.56 Å². The highest BCUT2D eigenvalue weighted by molar-refractivity contribution is 6.07. The first-order valence-electron chi connectivity index (χ1n) is 6.18. The zero-order chi connectivity index (χ0) is 15.0. The van der Waals surface area contributed by atoms with Crippen molar-refractivity contribution in [2.24, 2.45) is 10.9 Å². The molecule has 1 amide bonds. The Bertz CT molecular complexity index is 444. The minimum atomic E-state index is -0.945. The number of hydrogen-bond acceptors (Lipinski definition) is 5. The third-order valence-corrected chi connectivity index (χ3v) is 2.84. The molecule has 1 atom stereocenters. The Kier molecular flexibility index (Phi) is 6.48. The van der Waals surface area contributed by atoms with Gasteiger partial charge in [-0.05, 0) is 5.56 Å². The summed E-state index contributed by atoms with van der Waals surface area (Å²) in [6.07, 6.45) is 0. The minimum Gasteiger partial charge on any atom is -0.409 e. The SMILES string of the molecule is NC(=NO)C(C(=O)N(CCO)CCO)c1ccccc1. The van der Waals surface area contributed by atoms with E-state index in [1.807, 2.05) is 0 Å². The predicted molar refractivity (Wildman–Crippen MR) is 73.3 cm³/mol. The molecule has 7 nitrogen and oxygen atoms in total. The molecule has 0 bridgehead atoms. The number of nitrogens with zero attached hydrogens (tertiary/aromatic N) is 2. The topological polar surface area (TPSA) is 119 Å². The van der Waals surface area contributed by atoms with Crippen LogP contribution in [0, 0.1) is 0 Å². The standard InChI is InChI=1S/C13H19N3O4/c14-12(15-20)11(10-4-2-1-3-5-10)13(19)16(6-8-17)7-9-18/h1-5,11,17-18,20H,6-9H2,(H2,14,15). The van der Waals surface area contributed by atoms with Gasteiger partial charge in [0.2, 0.25) is 5.91 Å². The van der Waals surface area contributed by atoms with Crippen LogP contribution >= 0.6 is 0 Å². The molecule has 0 heterocycles. The molecule has 0 spiro atoms. The number of carbonyl (C=O) groups excluding carboxylic acids is 1. The fourth-order valence-corrected chi connectivity index (χ4v) is 1.90. The summed E-state index contributed by atoms with van der Waals surface area (Å²) in [5.41, 5.74) is 6.19. The number of nitrogens with two attached hydrogens (primary N) is 1. The molecule has 0 radical (unpaired) electrons. The van der Waals surface area contributed by atoms with Crippen molar-refractivity contribution in [3.63, 3.8) is 0 Å². The van der Waals surface area contributed by atoms with Gasteiger partial charge < -0.3 is 26.1 Å². The number of benzene rings is 1. The molecule has 1 unspecified atom stereocenters. The summed E-state index contributed by atoms with van der Waals surface area (Å²) < 4.78 is 0. The maximum atomic E-state index is 12.5. The molecule has 0 fully saturated rings. The highest BCUT2D eigenvalue weighted by Gasteiger charge is 2.29. The summed E-state index contributed by atoms with van der Waals surface area (Å²) in [6, 6.07) is 8.65. The summed E-state index contributed by atoms with van der Waals surface area (Å²) in [5.74, 6) is -1.61. The average molecular weight is 281 g/mol. The van der Waals surface area contributed by atoms with Gasteiger partial charge in [0.25, 0.3) is 0 Å². The molecule has 0 aliphatic rings. The first kappa shape index (κ1) is 15.9. The van der Waals surface area contributed by atoms with Gasteiger partial charge >= 0.3 is 0 Å². The Hall–Kier alpha value is -2.12.